The maximum Gasteiger partial charge on any atom is 0.234 e. The number of amides is 1. The number of carbonyl (C=O) groups is 1. The molecule has 1 amide bonds. The van der Waals surface area contributed by atoms with Crippen LogP contribution in [0, 0.1) is 5.92 Å². The van der Waals surface area contributed by atoms with Gasteiger partial charge in [-0.3, -0.25) is 10.2 Å². The Hall–Kier alpha value is -2.09. The first-order valence-corrected chi connectivity index (χ1v) is 13.7. The third-order valence-corrected chi connectivity index (χ3v) is 7.66. The molecule has 180 valence electrons. The number of halogens is 1. The van der Waals surface area contributed by atoms with Crippen LogP contribution >= 0.6 is 11.6 Å². The summed E-state index contributed by atoms with van der Waals surface area (Å²) in [6.07, 6.45) is 4.34. The lowest BCUT2D eigenvalue weighted by atomic mass is 10.0. The minimum Gasteiger partial charge on any atom is -0.371 e. The Bertz CT molecular complexity index is 1090. The van der Waals surface area contributed by atoms with Gasteiger partial charge in [0.1, 0.15) is 5.88 Å². The second-order valence-corrected chi connectivity index (χ2v) is 11.4. The number of unbranched alkanes of at least 4 members (excludes halogenated alkanes) is 1. The molecule has 2 aromatic rings. The van der Waals surface area contributed by atoms with Gasteiger partial charge in [0.2, 0.25) is 5.91 Å². The van der Waals surface area contributed by atoms with Crippen molar-refractivity contribution in [3.63, 3.8) is 0 Å². The normalized spacial score (nSPS) is 13.4. The third-order valence-electron chi connectivity index (χ3n) is 5.88. The monoisotopic (exact) mass is 491 g/mol. The summed E-state index contributed by atoms with van der Waals surface area (Å²) in [7, 11) is -3.71. The summed E-state index contributed by atoms with van der Waals surface area (Å²) in [5, 5.41) is 0.476. The Balaban J connectivity index is 1.79. The van der Waals surface area contributed by atoms with Gasteiger partial charge in [-0.05, 0) is 66.6 Å². The lowest BCUT2D eigenvalue weighted by molar-refractivity contribution is -0.122. The van der Waals surface area contributed by atoms with E-state index in [0.717, 1.165) is 44.3 Å². The van der Waals surface area contributed by atoms with Crippen molar-refractivity contribution in [1.29, 1.82) is 0 Å². The minimum absolute atomic E-state index is 0.191. The van der Waals surface area contributed by atoms with Crippen LogP contribution in [0.2, 0.25) is 5.02 Å². The van der Waals surface area contributed by atoms with Gasteiger partial charge < -0.3 is 4.90 Å². The molecule has 33 heavy (non-hydrogen) atoms. The van der Waals surface area contributed by atoms with Crippen LogP contribution in [0.25, 0.3) is 11.1 Å². The largest absolute Gasteiger partial charge is 0.371 e. The second kappa shape index (κ2) is 11.4. The van der Waals surface area contributed by atoms with Crippen molar-refractivity contribution in [3.05, 3.63) is 47.0 Å². The van der Waals surface area contributed by atoms with E-state index in [1.54, 1.807) is 12.1 Å². The van der Waals surface area contributed by atoms with Crippen LogP contribution in [0.15, 0.2) is 41.3 Å². The average molecular weight is 492 g/mol. The minimum atomic E-state index is -3.71. The highest BCUT2D eigenvalue weighted by Gasteiger charge is 2.23. The highest BCUT2D eigenvalue weighted by atomic mass is 35.5. The lowest BCUT2D eigenvalue weighted by Gasteiger charge is -2.19. The number of rotatable bonds is 11. The maximum atomic E-state index is 13.1. The number of benzene rings is 2. The zero-order valence-corrected chi connectivity index (χ0v) is 21.2. The van der Waals surface area contributed by atoms with E-state index < -0.39 is 15.7 Å². The van der Waals surface area contributed by atoms with Crippen molar-refractivity contribution in [2.24, 2.45) is 5.92 Å². The first-order valence-electron chi connectivity index (χ1n) is 11.6. The summed E-state index contributed by atoms with van der Waals surface area (Å²) < 4.78 is 26.2. The van der Waals surface area contributed by atoms with Crippen LogP contribution in [-0.2, 0) is 21.1 Å². The Morgan fingerprint density at radius 1 is 1.18 bits per heavy atom. The molecule has 0 spiro atoms. The molecule has 8 heteroatoms. The topological polar surface area (TPSA) is 78.5 Å². The molecule has 2 N–H and O–H groups in total. The van der Waals surface area contributed by atoms with Gasteiger partial charge in [-0.25, -0.2) is 13.8 Å². The van der Waals surface area contributed by atoms with E-state index >= 15 is 0 Å². The van der Waals surface area contributed by atoms with Crippen molar-refractivity contribution in [2.75, 3.05) is 23.9 Å². The SMILES string of the molecule is CCCCN1CCc2cc(-c3cc(Cl)ccc3S(=O)(=O)CNNC(=O)CCC(C)C)ccc21. The average Bonchev–Trinajstić information content (AvgIpc) is 3.18. The fourth-order valence-corrected chi connectivity index (χ4v) is 5.38. The number of fused-ring (bicyclic) bond motifs is 1. The van der Waals surface area contributed by atoms with E-state index in [1.807, 2.05) is 19.9 Å². The molecular formula is C25H34ClN3O3S. The van der Waals surface area contributed by atoms with Gasteiger partial charge >= 0.3 is 0 Å². The number of hydrogen-bond donors (Lipinski definition) is 2. The first kappa shape index (κ1) is 25.5. The number of sulfone groups is 1. The van der Waals surface area contributed by atoms with Gasteiger partial charge in [-0.1, -0.05) is 44.9 Å². The van der Waals surface area contributed by atoms with Crippen LogP contribution in [0.5, 0.6) is 0 Å². The zero-order valence-electron chi connectivity index (χ0n) is 19.7. The number of nitrogens with one attached hydrogen (secondary N) is 2. The Morgan fingerprint density at radius 2 is 1.97 bits per heavy atom. The molecule has 1 heterocycles. The summed E-state index contributed by atoms with van der Waals surface area (Å²) in [4.78, 5) is 14.5. The third kappa shape index (κ3) is 6.71. The lowest BCUT2D eigenvalue weighted by Crippen LogP contribution is -2.40. The molecule has 2 aromatic carbocycles. The molecule has 0 atom stereocenters. The molecular weight excluding hydrogens is 458 g/mol. The van der Waals surface area contributed by atoms with E-state index in [-0.39, 0.29) is 10.8 Å². The summed E-state index contributed by atoms with van der Waals surface area (Å²) in [5.41, 5.74) is 8.92. The molecule has 0 saturated carbocycles. The van der Waals surface area contributed by atoms with Gasteiger partial charge in [0.05, 0.1) is 4.90 Å². The quantitative estimate of drug-likeness (QED) is 0.434. The Labute approximate surface area is 202 Å². The van der Waals surface area contributed by atoms with Crippen molar-refractivity contribution in [2.45, 2.75) is 57.8 Å². The molecule has 3 rings (SSSR count). The molecule has 0 unspecified atom stereocenters. The van der Waals surface area contributed by atoms with Gasteiger partial charge in [-0.2, -0.15) is 0 Å². The van der Waals surface area contributed by atoms with E-state index in [1.165, 1.54) is 17.3 Å². The molecule has 0 radical (unpaired) electrons. The number of nitrogens with zero attached hydrogens (tertiary/aromatic N) is 1. The number of carbonyl (C=O) groups excluding carboxylic acids is 1. The zero-order chi connectivity index (χ0) is 24.0. The molecule has 6 nitrogen and oxygen atoms in total. The molecule has 0 bridgehead atoms. The van der Waals surface area contributed by atoms with Crippen LogP contribution < -0.4 is 15.8 Å². The molecule has 0 saturated heterocycles. The van der Waals surface area contributed by atoms with Crippen molar-refractivity contribution in [1.82, 2.24) is 10.9 Å². The smallest absolute Gasteiger partial charge is 0.234 e. The fourth-order valence-electron chi connectivity index (χ4n) is 4.01. The first-order chi connectivity index (χ1) is 15.7. The van der Waals surface area contributed by atoms with Crippen molar-refractivity contribution in [3.8, 4) is 11.1 Å². The van der Waals surface area contributed by atoms with E-state index in [9.17, 15) is 13.2 Å². The molecule has 0 fully saturated rings. The standard InChI is InChI=1S/C25H34ClN3O3S/c1-4-5-13-29-14-12-20-15-19(7-9-23(20)29)22-16-21(26)8-10-24(22)33(31,32)17-27-28-25(30)11-6-18(2)3/h7-10,15-16,18,27H,4-6,11-14,17H2,1-3H3,(H,28,30). The Morgan fingerprint density at radius 3 is 2.70 bits per heavy atom. The summed E-state index contributed by atoms with van der Waals surface area (Å²) >= 11 is 6.24. The summed E-state index contributed by atoms with van der Waals surface area (Å²) in [5.74, 6) is -0.214. The van der Waals surface area contributed by atoms with Crippen LogP contribution in [-0.4, -0.2) is 33.3 Å². The van der Waals surface area contributed by atoms with Crippen LogP contribution in [0.4, 0.5) is 5.69 Å². The second-order valence-electron chi connectivity index (χ2n) is 8.99. The number of anilines is 1. The van der Waals surface area contributed by atoms with Gasteiger partial charge in [0.15, 0.2) is 9.84 Å². The number of hydrogen-bond acceptors (Lipinski definition) is 5. The van der Waals surface area contributed by atoms with E-state index in [4.69, 9.17) is 11.6 Å². The van der Waals surface area contributed by atoms with Crippen LogP contribution in [0.1, 0.15) is 52.0 Å². The van der Waals surface area contributed by atoms with Gasteiger partial charge in [0, 0.05) is 35.8 Å². The van der Waals surface area contributed by atoms with Gasteiger partial charge in [0.25, 0.3) is 0 Å². The molecule has 1 aliphatic rings. The van der Waals surface area contributed by atoms with E-state index in [2.05, 4.69) is 34.8 Å². The predicted molar refractivity (Wildman–Crippen MR) is 135 cm³/mol. The maximum absolute atomic E-state index is 13.1. The molecule has 1 aliphatic heterocycles. The fraction of sp³-hybridized carbons (Fsp3) is 0.480. The highest BCUT2D eigenvalue weighted by molar-refractivity contribution is 7.91. The van der Waals surface area contributed by atoms with E-state index in [0.29, 0.717) is 22.9 Å². The molecule has 0 aromatic heterocycles. The van der Waals surface area contributed by atoms with Crippen LogP contribution in [0.3, 0.4) is 0 Å². The number of hydrazine groups is 1. The molecule has 0 aliphatic carbocycles. The Kier molecular flexibility index (Phi) is 8.79. The van der Waals surface area contributed by atoms with Gasteiger partial charge in [-0.15, -0.1) is 0 Å². The summed E-state index contributed by atoms with van der Waals surface area (Å²) in [6, 6.07) is 10.9. The highest BCUT2D eigenvalue weighted by Crippen LogP contribution is 2.36. The van der Waals surface area contributed by atoms with Crippen molar-refractivity contribution < 1.29 is 13.2 Å². The summed E-state index contributed by atoms with van der Waals surface area (Å²) in [6.45, 7) is 8.28. The van der Waals surface area contributed by atoms with Crippen molar-refractivity contribution >= 4 is 33.0 Å². The predicted octanol–water partition coefficient (Wildman–Crippen LogP) is 4.96.